The molecule has 17 heavy (non-hydrogen) atoms. The van der Waals surface area contributed by atoms with Crippen LogP contribution in [0, 0.1) is 13.8 Å². The summed E-state index contributed by atoms with van der Waals surface area (Å²) in [7, 11) is -2.96. The fourth-order valence-corrected chi connectivity index (χ4v) is 4.01. The van der Waals surface area contributed by atoms with Gasteiger partial charge in [0.25, 0.3) is 0 Å². The first-order valence-electron chi connectivity index (χ1n) is 6.00. The molecule has 1 aromatic heterocycles. The van der Waals surface area contributed by atoms with Crippen LogP contribution < -0.4 is 5.43 Å². The molecule has 0 amide bonds. The van der Waals surface area contributed by atoms with E-state index in [1.54, 1.807) is 0 Å². The summed E-state index contributed by atoms with van der Waals surface area (Å²) in [6, 6.07) is 4.11. The quantitative estimate of drug-likeness (QED) is 0.894. The van der Waals surface area contributed by atoms with Crippen molar-refractivity contribution in [3.63, 3.8) is 0 Å². The van der Waals surface area contributed by atoms with E-state index in [1.165, 1.54) is 6.26 Å². The smallest absolute Gasteiger partial charge is 0.152 e. The molecule has 1 saturated carbocycles. The maximum absolute atomic E-state index is 11.7. The molecule has 96 valence electrons. The van der Waals surface area contributed by atoms with Crippen LogP contribution >= 0.6 is 0 Å². The molecule has 1 aliphatic rings. The normalized spacial score (nSPS) is 25.1. The molecule has 0 radical (unpaired) electrons. The zero-order valence-electron chi connectivity index (χ0n) is 10.6. The average Bonchev–Trinajstić information content (AvgIpc) is 2.79. The summed E-state index contributed by atoms with van der Waals surface area (Å²) in [6.45, 7) is 4.04. The van der Waals surface area contributed by atoms with Gasteiger partial charge in [0.05, 0.1) is 11.3 Å². The molecule has 0 aromatic carbocycles. The number of nitrogens with zero attached hydrogens (tertiary/aromatic N) is 1. The molecule has 1 heterocycles. The van der Waals surface area contributed by atoms with Crippen molar-refractivity contribution in [3.8, 4) is 0 Å². The Morgan fingerprint density at radius 3 is 2.35 bits per heavy atom. The highest BCUT2D eigenvalue weighted by Gasteiger charge is 2.35. The maximum Gasteiger partial charge on any atom is 0.152 e. The van der Waals surface area contributed by atoms with Gasteiger partial charge in [-0.05, 0) is 45.2 Å². The van der Waals surface area contributed by atoms with Gasteiger partial charge in [0, 0.05) is 17.6 Å². The average molecular weight is 256 g/mol. The topological polar surface area (TPSA) is 51.1 Å². The van der Waals surface area contributed by atoms with Gasteiger partial charge in [0.15, 0.2) is 9.84 Å². The Hall–Kier alpha value is -0.970. The minimum absolute atomic E-state index is 0.0369. The summed E-state index contributed by atoms with van der Waals surface area (Å²) in [6.07, 6.45) is 4.02. The molecule has 0 saturated heterocycles. The molecular weight excluding hydrogens is 236 g/mol. The van der Waals surface area contributed by atoms with Crippen molar-refractivity contribution in [1.82, 2.24) is 4.68 Å². The van der Waals surface area contributed by atoms with E-state index < -0.39 is 9.84 Å². The van der Waals surface area contributed by atoms with Crippen molar-refractivity contribution >= 4 is 9.84 Å². The summed E-state index contributed by atoms with van der Waals surface area (Å²) in [5.41, 5.74) is 5.58. The highest BCUT2D eigenvalue weighted by atomic mass is 32.2. The van der Waals surface area contributed by atoms with Crippen molar-refractivity contribution in [3.05, 3.63) is 23.5 Å². The number of hydrogen-bond donors (Lipinski definition) is 1. The van der Waals surface area contributed by atoms with Gasteiger partial charge >= 0.3 is 0 Å². The van der Waals surface area contributed by atoms with E-state index in [0.29, 0.717) is 0 Å². The minimum Gasteiger partial charge on any atom is -0.322 e. The molecule has 0 aliphatic heterocycles. The van der Waals surface area contributed by atoms with Crippen molar-refractivity contribution in [2.45, 2.75) is 44.4 Å². The maximum atomic E-state index is 11.7. The first-order valence-corrected chi connectivity index (χ1v) is 7.95. The number of nitrogens with one attached hydrogen (secondary N) is 1. The van der Waals surface area contributed by atoms with Crippen LogP contribution in [-0.2, 0) is 9.84 Å². The molecule has 2 rings (SSSR count). The second-order valence-corrected chi connectivity index (χ2v) is 7.25. The van der Waals surface area contributed by atoms with Crippen molar-refractivity contribution < 1.29 is 8.42 Å². The van der Waals surface area contributed by atoms with E-state index >= 15 is 0 Å². The Morgan fingerprint density at radius 1 is 1.24 bits per heavy atom. The fraction of sp³-hybridized carbons (Fsp3) is 0.667. The molecule has 0 bridgehead atoms. The SMILES string of the molecule is Cc1ccc(C)n1NC1CCCC1S(C)(=O)=O. The molecule has 1 aromatic rings. The number of rotatable bonds is 3. The third-order valence-corrected chi connectivity index (χ3v) is 5.23. The third-order valence-electron chi connectivity index (χ3n) is 3.57. The van der Waals surface area contributed by atoms with Crippen LogP contribution in [0.1, 0.15) is 30.7 Å². The monoisotopic (exact) mass is 256 g/mol. The summed E-state index contributed by atoms with van der Waals surface area (Å²) in [5.74, 6) is 0. The summed E-state index contributed by atoms with van der Waals surface area (Å²) < 4.78 is 25.4. The summed E-state index contributed by atoms with van der Waals surface area (Å²) >= 11 is 0. The summed E-state index contributed by atoms with van der Waals surface area (Å²) in [4.78, 5) is 0. The molecule has 1 fully saturated rings. The van der Waals surface area contributed by atoms with E-state index in [1.807, 2.05) is 30.7 Å². The molecule has 0 spiro atoms. The summed E-state index contributed by atoms with van der Waals surface area (Å²) in [5, 5.41) is -0.247. The van der Waals surface area contributed by atoms with Crippen molar-refractivity contribution in [2.24, 2.45) is 0 Å². The lowest BCUT2D eigenvalue weighted by atomic mass is 10.3. The highest BCUT2D eigenvalue weighted by Crippen LogP contribution is 2.26. The van der Waals surface area contributed by atoms with Crippen LogP contribution in [0.3, 0.4) is 0 Å². The van der Waals surface area contributed by atoms with Gasteiger partial charge in [-0.2, -0.15) is 0 Å². The number of sulfone groups is 1. The van der Waals surface area contributed by atoms with Crippen LogP contribution in [0.2, 0.25) is 0 Å². The molecule has 2 atom stereocenters. The predicted molar refractivity (Wildman–Crippen MR) is 69.5 cm³/mol. The predicted octanol–water partition coefficient (Wildman–Crippen LogP) is 1.61. The van der Waals surface area contributed by atoms with E-state index in [-0.39, 0.29) is 11.3 Å². The zero-order valence-corrected chi connectivity index (χ0v) is 11.4. The Balaban J connectivity index is 2.19. The standard InChI is InChI=1S/C12H20N2O2S/c1-9-7-8-10(2)14(9)13-11-5-4-6-12(11)17(3,15)16/h7-8,11-13H,4-6H2,1-3H3. The first-order chi connectivity index (χ1) is 7.89. The first kappa shape index (κ1) is 12.5. The molecule has 1 N–H and O–H groups in total. The lowest BCUT2D eigenvalue weighted by molar-refractivity contribution is 0.567. The van der Waals surface area contributed by atoms with Gasteiger partial charge in [-0.15, -0.1) is 0 Å². The van der Waals surface area contributed by atoms with Gasteiger partial charge in [0.1, 0.15) is 0 Å². The Bertz CT molecular complexity index is 485. The lowest BCUT2D eigenvalue weighted by Crippen LogP contribution is -2.39. The van der Waals surface area contributed by atoms with E-state index in [2.05, 4.69) is 5.43 Å². The zero-order chi connectivity index (χ0) is 12.6. The Morgan fingerprint density at radius 2 is 1.82 bits per heavy atom. The Kier molecular flexibility index (Phi) is 3.21. The largest absolute Gasteiger partial charge is 0.322 e. The van der Waals surface area contributed by atoms with Crippen molar-refractivity contribution in [2.75, 3.05) is 11.7 Å². The second kappa shape index (κ2) is 4.37. The third kappa shape index (κ3) is 2.49. The van der Waals surface area contributed by atoms with E-state index in [4.69, 9.17) is 0 Å². The number of aromatic nitrogens is 1. The molecular formula is C12H20N2O2S. The van der Waals surface area contributed by atoms with Crippen molar-refractivity contribution in [1.29, 1.82) is 0 Å². The molecule has 2 unspecified atom stereocenters. The lowest BCUT2D eigenvalue weighted by Gasteiger charge is -2.23. The van der Waals surface area contributed by atoms with Crippen LogP contribution in [-0.4, -0.2) is 30.6 Å². The van der Waals surface area contributed by atoms with Gasteiger partial charge < -0.3 is 5.43 Å². The van der Waals surface area contributed by atoms with Crippen LogP contribution in [0.4, 0.5) is 0 Å². The van der Waals surface area contributed by atoms with Gasteiger partial charge in [-0.25, -0.2) is 8.42 Å². The number of aryl methyl sites for hydroxylation is 2. The highest BCUT2D eigenvalue weighted by molar-refractivity contribution is 7.91. The van der Waals surface area contributed by atoms with Crippen LogP contribution in [0.15, 0.2) is 12.1 Å². The minimum atomic E-state index is -2.96. The van der Waals surface area contributed by atoms with Gasteiger partial charge in [-0.1, -0.05) is 0 Å². The van der Waals surface area contributed by atoms with E-state index in [9.17, 15) is 8.42 Å². The molecule has 5 heteroatoms. The number of hydrogen-bond acceptors (Lipinski definition) is 3. The molecule has 1 aliphatic carbocycles. The van der Waals surface area contributed by atoms with Gasteiger partial charge in [0.2, 0.25) is 0 Å². The van der Waals surface area contributed by atoms with Gasteiger partial charge in [-0.3, -0.25) is 4.68 Å². The van der Waals surface area contributed by atoms with Crippen LogP contribution in [0.25, 0.3) is 0 Å². The fourth-order valence-electron chi connectivity index (χ4n) is 2.62. The second-order valence-electron chi connectivity index (χ2n) is 4.99. The van der Waals surface area contributed by atoms with Crippen LogP contribution in [0.5, 0.6) is 0 Å². The van der Waals surface area contributed by atoms with E-state index in [0.717, 1.165) is 30.7 Å². The molecule has 4 nitrogen and oxygen atoms in total. The Labute approximate surface area is 103 Å².